The summed E-state index contributed by atoms with van der Waals surface area (Å²) < 4.78 is 52.0. The molecule has 0 atom stereocenters. The lowest BCUT2D eigenvalue weighted by atomic mass is 10.1. The van der Waals surface area contributed by atoms with Gasteiger partial charge in [-0.25, -0.2) is 4.39 Å². The van der Waals surface area contributed by atoms with Crippen molar-refractivity contribution >= 4 is 11.8 Å². The number of hydrogen-bond acceptors (Lipinski definition) is 2. The summed E-state index contributed by atoms with van der Waals surface area (Å²) in [6.45, 7) is 1.11. The van der Waals surface area contributed by atoms with Crippen LogP contribution in [0, 0.1) is 5.82 Å². The highest BCUT2D eigenvalue weighted by Gasteiger charge is 2.31. The van der Waals surface area contributed by atoms with Crippen LogP contribution in [-0.4, -0.2) is 47.8 Å². The summed E-state index contributed by atoms with van der Waals surface area (Å²) in [5, 5.41) is 0. The minimum atomic E-state index is -4.52. The fraction of sp³-hybridized carbons (Fsp3) is 0.300. The van der Waals surface area contributed by atoms with Crippen molar-refractivity contribution in [1.82, 2.24) is 9.80 Å². The lowest BCUT2D eigenvalue weighted by molar-refractivity contribution is -0.137. The van der Waals surface area contributed by atoms with Gasteiger partial charge >= 0.3 is 6.18 Å². The van der Waals surface area contributed by atoms with Crippen LogP contribution in [0.2, 0.25) is 0 Å². The number of alkyl halides is 3. The molecular weight excluding hydrogens is 376 g/mol. The molecule has 2 amide bonds. The number of rotatable bonds is 2. The first-order valence-electron chi connectivity index (χ1n) is 8.77. The Morgan fingerprint density at radius 1 is 0.786 bits per heavy atom. The summed E-state index contributed by atoms with van der Waals surface area (Å²) in [7, 11) is 0. The van der Waals surface area contributed by atoms with E-state index in [-0.39, 0.29) is 30.1 Å². The van der Waals surface area contributed by atoms with E-state index in [1.807, 2.05) is 0 Å². The first-order valence-corrected chi connectivity index (χ1v) is 8.77. The third-order valence-corrected chi connectivity index (χ3v) is 4.58. The average Bonchev–Trinajstić information content (AvgIpc) is 2.92. The van der Waals surface area contributed by atoms with E-state index in [0.29, 0.717) is 19.5 Å². The van der Waals surface area contributed by atoms with Crippen molar-refractivity contribution in [1.29, 1.82) is 0 Å². The molecule has 1 fully saturated rings. The molecule has 1 heterocycles. The monoisotopic (exact) mass is 394 g/mol. The number of nitrogens with zero attached hydrogens (tertiary/aromatic N) is 2. The van der Waals surface area contributed by atoms with Gasteiger partial charge in [0.2, 0.25) is 0 Å². The summed E-state index contributed by atoms with van der Waals surface area (Å²) in [6.07, 6.45) is -4.05. The number of amides is 2. The molecular formula is C20H18F4N2O2. The van der Waals surface area contributed by atoms with Crippen LogP contribution >= 0.6 is 0 Å². The fourth-order valence-corrected chi connectivity index (χ4v) is 3.14. The second-order valence-corrected chi connectivity index (χ2v) is 6.53. The van der Waals surface area contributed by atoms with Crippen molar-refractivity contribution in [2.75, 3.05) is 26.2 Å². The van der Waals surface area contributed by atoms with Gasteiger partial charge in [-0.05, 0) is 42.8 Å². The average molecular weight is 394 g/mol. The van der Waals surface area contributed by atoms with E-state index in [2.05, 4.69) is 0 Å². The summed E-state index contributed by atoms with van der Waals surface area (Å²) >= 11 is 0. The first kappa shape index (κ1) is 19.9. The van der Waals surface area contributed by atoms with Gasteiger partial charge in [0.25, 0.3) is 11.8 Å². The Labute approximate surface area is 159 Å². The maximum absolute atomic E-state index is 13.3. The minimum absolute atomic E-state index is 0.0419. The highest BCUT2D eigenvalue weighted by molar-refractivity contribution is 5.95. The van der Waals surface area contributed by atoms with Crippen molar-refractivity contribution < 1.29 is 27.2 Å². The zero-order valence-electron chi connectivity index (χ0n) is 14.9. The first-order chi connectivity index (χ1) is 13.3. The van der Waals surface area contributed by atoms with Crippen molar-refractivity contribution in [2.45, 2.75) is 12.6 Å². The molecule has 2 aromatic carbocycles. The van der Waals surface area contributed by atoms with Crippen LogP contribution in [0.3, 0.4) is 0 Å². The Bertz CT molecular complexity index is 883. The van der Waals surface area contributed by atoms with Gasteiger partial charge in [0, 0.05) is 37.3 Å². The number of hydrogen-bond donors (Lipinski definition) is 0. The molecule has 2 aromatic rings. The molecule has 28 heavy (non-hydrogen) atoms. The summed E-state index contributed by atoms with van der Waals surface area (Å²) in [5.74, 6) is -1.36. The molecule has 1 saturated heterocycles. The van der Waals surface area contributed by atoms with Crippen LogP contribution in [0.5, 0.6) is 0 Å². The number of halogens is 4. The molecule has 1 aliphatic rings. The normalized spacial score (nSPS) is 15.3. The molecule has 0 radical (unpaired) electrons. The molecule has 1 aliphatic heterocycles. The van der Waals surface area contributed by atoms with E-state index in [1.165, 1.54) is 40.1 Å². The molecule has 0 bridgehead atoms. The van der Waals surface area contributed by atoms with E-state index in [4.69, 9.17) is 0 Å². The lowest BCUT2D eigenvalue weighted by Gasteiger charge is -2.22. The Morgan fingerprint density at radius 2 is 1.32 bits per heavy atom. The Hall–Kier alpha value is -2.90. The topological polar surface area (TPSA) is 40.6 Å². The molecule has 0 saturated carbocycles. The maximum Gasteiger partial charge on any atom is 0.416 e. The summed E-state index contributed by atoms with van der Waals surface area (Å²) in [4.78, 5) is 28.1. The largest absolute Gasteiger partial charge is 0.416 e. The van der Waals surface area contributed by atoms with Gasteiger partial charge in [0.1, 0.15) is 5.82 Å². The quantitative estimate of drug-likeness (QED) is 0.727. The van der Waals surface area contributed by atoms with Crippen molar-refractivity contribution in [3.05, 3.63) is 71.0 Å². The molecule has 3 rings (SSSR count). The van der Waals surface area contributed by atoms with Crippen LogP contribution in [0.4, 0.5) is 17.6 Å². The second-order valence-electron chi connectivity index (χ2n) is 6.53. The molecule has 0 spiro atoms. The zero-order valence-corrected chi connectivity index (χ0v) is 14.9. The molecule has 148 valence electrons. The summed E-state index contributed by atoms with van der Waals surface area (Å²) in [6, 6.07) is 9.66. The van der Waals surface area contributed by atoms with E-state index < -0.39 is 23.5 Å². The molecule has 4 nitrogen and oxygen atoms in total. The highest BCUT2D eigenvalue weighted by atomic mass is 19.4. The predicted octanol–water partition coefficient (Wildman–Crippen LogP) is 3.83. The van der Waals surface area contributed by atoms with Gasteiger partial charge in [-0.15, -0.1) is 0 Å². The van der Waals surface area contributed by atoms with Crippen LogP contribution in [0.15, 0.2) is 48.5 Å². The van der Waals surface area contributed by atoms with E-state index in [0.717, 1.165) is 18.2 Å². The third kappa shape index (κ3) is 4.49. The number of carbonyl (C=O) groups excluding carboxylic acids is 2. The summed E-state index contributed by atoms with van der Waals surface area (Å²) in [5.41, 5.74) is -0.700. The van der Waals surface area contributed by atoms with Gasteiger partial charge in [0.15, 0.2) is 0 Å². The van der Waals surface area contributed by atoms with Crippen LogP contribution in [0.25, 0.3) is 0 Å². The highest BCUT2D eigenvalue weighted by Crippen LogP contribution is 2.29. The SMILES string of the molecule is O=C(c1cccc(F)c1)N1CCCN(C(=O)c2cccc(C(F)(F)F)c2)CC1. The molecule has 0 aliphatic carbocycles. The lowest BCUT2D eigenvalue weighted by Crippen LogP contribution is -2.37. The van der Waals surface area contributed by atoms with Gasteiger partial charge in [-0.3, -0.25) is 9.59 Å². The van der Waals surface area contributed by atoms with Gasteiger partial charge < -0.3 is 9.80 Å². The molecule has 8 heteroatoms. The Morgan fingerprint density at radius 3 is 1.86 bits per heavy atom. The zero-order chi connectivity index (χ0) is 20.3. The third-order valence-electron chi connectivity index (χ3n) is 4.58. The fourth-order valence-electron chi connectivity index (χ4n) is 3.14. The van der Waals surface area contributed by atoms with Crippen LogP contribution in [0.1, 0.15) is 32.7 Å². The molecule has 0 aromatic heterocycles. The van der Waals surface area contributed by atoms with Crippen molar-refractivity contribution in [2.24, 2.45) is 0 Å². The Kier molecular flexibility index (Phi) is 5.67. The van der Waals surface area contributed by atoms with Gasteiger partial charge in [0.05, 0.1) is 5.56 Å². The number of benzene rings is 2. The van der Waals surface area contributed by atoms with E-state index in [1.54, 1.807) is 0 Å². The maximum atomic E-state index is 13.3. The van der Waals surface area contributed by atoms with Crippen molar-refractivity contribution in [3.63, 3.8) is 0 Å². The smallest absolute Gasteiger partial charge is 0.337 e. The van der Waals surface area contributed by atoms with E-state index in [9.17, 15) is 27.2 Å². The van der Waals surface area contributed by atoms with Crippen LogP contribution in [-0.2, 0) is 6.18 Å². The van der Waals surface area contributed by atoms with Gasteiger partial charge in [-0.1, -0.05) is 12.1 Å². The van der Waals surface area contributed by atoms with Gasteiger partial charge in [-0.2, -0.15) is 13.2 Å². The minimum Gasteiger partial charge on any atom is -0.337 e. The molecule has 0 N–H and O–H groups in total. The second kappa shape index (κ2) is 8.00. The number of carbonyl (C=O) groups is 2. The van der Waals surface area contributed by atoms with E-state index >= 15 is 0 Å². The predicted molar refractivity (Wildman–Crippen MR) is 94.3 cm³/mol. The van der Waals surface area contributed by atoms with Crippen LogP contribution < -0.4 is 0 Å². The standard InChI is InChI=1S/C20H18F4N2O2/c21-17-7-2-5-15(13-17)19(28)26-9-3-8-25(10-11-26)18(27)14-4-1-6-16(12-14)20(22,23)24/h1-2,4-7,12-13H,3,8-11H2. The van der Waals surface area contributed by atoms with Crippen molar-refractivity contribution in [3.8, 4) is 0 Å². The molecule has 0 unspecified atom stereocenters. The Balaban J connectivity index is 1.70.